The summed E-state index contributed by atoms with van der Waals surface area (Å²) in [5.74, 6) is -0.106. The molecule has 0 atom stereocenters. The van der Waals surface area contributed by atoms with Crippen LogP contribution in [0.3, 0.4) is 0 Å². The van der Waals surface area contributed by atoms with Crippen LogP contribution >= 0.6 is 11.3 Å². The average Bonchev–Trinajstić information content (AvgIpc) is 2.91. The highest BCUT2D eigenvalue weighted by molar-refractivity contribution is 7.10. The van der Waals surface area contributed by atoms with Crippen LogP contribution in [0.1, 0.15) is 34.6 Å². The van der Waals surface area contributed by atoms with E-state index in [9.17, 15) is 4.79 Å². The number of amides is 1. The fourth-order valence-corrected chi connectivity index (χ4v) is 2.99. The molecule has 3 nitrogen and oxygen atoms in total. The predicted molar refractivity (Wildman–Crippen MR) is 85.3 cm³/mol. The number of carbonyl (C=O) groups is 1. The molecule has 0 fully saturated rings. The summed E-state index contributed by atoms with van der Waals surface area (Å²) in [5.41, 5.74) is 7.82. The van der Waals surface area contributed by atoms with Crippen molar-refractivity contribution in [1.29, 1.82) is 0 Å². The van der Waals surface area contributed by atoms with E-state index in [4.69, 9.17) is 5.73 Å². The van der Waals surface area contributed by atoms with Crippen molar-refractivity contribution in [3.8, 4) is 0 Å². The van der Waals surface area contributed by atoms with Crippen LogP contribution in [0.4, 0.5) is 5.69 Å². The molecule has 2 aromatic rings. The number of nitrogens with one attached hydrogen (secondary N) is 1. The van der Waals surface area contributed by atoms with Gasteiger partial charge in [0.2, 0.25) is 0 Å². The quantitative estimate of drug-likeness (QED) is 0.848. The minimum absolute atomic E-state index is 0.0821. The Kier molecular flexibility index (Phi) is 4.14. The Morgan fingerprint density at radius 1 is 1.30 bits per heavy atom. The lowest BCUT2D eigenvalue weighted by molar-refractivity contribution is 0.0946. The van der Waals surface area contributed by atoms with E-state index in [1.165, 1.54) is 4.88 Å². The standard InChI is InChI=1S/C16H20N2OS/c1-11-6-4-7-12(17)14(11)15(19)18-10-16(2,3)13-8-5-9-20-13/h4-9H,10,17H2,1-3H3,(H,18,19). The van der Waals surface area contributed by atoms with Gasteiger partial charge in [0.05, 0.1) is 5.56 Å². The number of hydrogen-bond acceptors (Lipinski definition) is 3. The van der Waals surface area contributed by atoms with E-state index in [0.29, 0.717) is 17.8 Å². The summed E-state index contributed by atoms with van der Waals surface area (Å²) < 4.78 is 0. The highest BCUT2D eigenvalue weighted by Gasteiger charge is 2.23. The maximum atomic E-state index is 12.3. The molecule has 1 amide bonds. The molecule has 1 aromatic carbocycles. The molecule has 0 spiro atoms. The Bertz CT molecular complexity index is 583. The van der Waals surface area contributed by atoms with E-state index in [1.807, 2.05) is 25.1 Å². The Labute approximate surface area is 123 Å². The molecule has 1 aromatic heterocycles. The minimum Gasteiger partial charge on any atom is -0.398 e. The lowest BCUT2D eigenvalue weighted by Gasteiger charge is -2.24. The van der Waals surface area contributed by atoms with E-state index in [2.05, 4.69) is 30.6 Å². The Hall–Kier alpha value is -1.81. The van der Waals surface area contributed by atoms with Gasteiger partial charge in [-0.1, -0.05) is 32.0 Å². The molecule has 3 N–H and O–H groups in total. The summed E-state index contributed by atoms with van der Waals surface area (Å²) >= 11 is 1.71. The van der Waals surface area contributed by atoms with Gasteiger partial charge in [-0.2, -0.15) is 0 Å². The van der Waals surface area contributed by atoms with Crippen LogP contribution in [0.25, 0.3) is 0 Å². The van der Waals surface area contributed by atoms with Crippen LogP contribution < -0.4 is 11.1 Å². The van der Waals surface area contributed by atoms with Crippen LogP contribution in [0.5, 0.6) is 0 Å². The van der Waals surface area contributed by atoms with Crippen LogP contribution in [-0.4, -0.2) is 12.5 Å². The molecule has 0 saturated heterocycles. The van der Waals surface area contributed by atoms with Crippen LogP contribution in [-0.2, 0) is 5.41 Å². The van der Waals surface area contributed by atoms with Gasteiger partial charge in [0, 0.05) is 22.5 Å². The van der Waals surface area contributed by atoms with Crippen molar-refractivity contribution < 1.29 is 4.79 Å². The fourth-order valence-electron chi connectivity index (χ4n) is 2.14. The first kappa shape index (κ1) is 14.6. The number of hydrogen-bond donors (Lipinski definition) is 2. The van der Waals surface area contributed by atoms with Gasteiger partial charge in [0.15, 0.2) is 0 Å². The second kappa shape index (κ2) is 5.67. The molecule has 0 aliphatic heterocycles. The van der Waals surface area contributed by atoms with Gasteiger partial charge in [0.25, 0.3) is 5.91 Å². The van der Waals surface area contributed by atoms with Crippen molar-refractivity contribution in [2.45, 2.75) is 26.2 Å². The Morgan fingerprint density at radius 3 is 2.65 bits per heavy atom. The summed E-state index contributed by atoms with van der Waals surface area (Å²) in [6.07, 6.45) is 0. The molecular formula is C16H20N2OS. The number of thiophene rings is 1. The van der Waals surface area contributed by atoms with Gasteiger partial charge in [0.1, 0.15) is 0 Å². The highest BCUT2D eigenvalue weighted by Crippen LogP contribution is 2.27. The number of benzene rings is 1. The van der Waals surface area contributed by atoms with Crippen LogP contribution in [0, 0.1) is 6.92 Å². The van der Waals surface area contributed by atoms with Gasteiger partial charge in [-0.15, -0.1) is 11.3 Å². The molecule has 20 heavy (non-hydrogen) atoms. The Morgan fingerprint density at radius 2 is 2.05 bits per heavy atom. The first-order chi connectivity index (χ1) is 9.42. The zero-order chi connectivity index (χ0) is 14.8. The van der Waals surface area contributed by atoms with Gasteiger partial charge < -0.3 is 11.1 Å². The molecule has 0 unspecified atom stereocenters. The number of aryl methyl sites for hydroxylation is 1. The molecule has 0 radical (unpaired) electrons. The summed E-state index contributed by atoms with van der Waals surface area (Å²) in [7, 11) is 0. The summed E-state index contributed by atoms with van der Waals surface area (Å²) in [6.45, 7) is 6.73. The summed E-state index contributed by atoms with van der Waals surface area (Å²) in [5, 5.41) is 5.05. The third-order valence-electron chi connectivity index (χ3n) is 3.41. The van der Waals surface area contributed by atoms with Crippen molar-refractivity contribution in [3.05, 3.63) is 51.7 Å². The topological polar surface area (TPSA) is 55.1 Å². The van der Waals surface area contributed by atoms with E-state index in [0.717, 1.165) is 5.56 Å². The zero-order valence-electron chi connectivity index (χ0n) is 12.1. The fraction of sp³-hybridized carbons (Fsp3) is 0.312. The van der Waals surface area contributed by atoms with Crippen molar-refractivity contribution in [2.24, 2.45) is 0 Å². The first-order valence-corrected chi connectivity index (χ1v) is 7.47. The number of nitrogen functional groups attached to an aromatic ring is 1. The number of nitrogens with two attached hydrogens (primary N) is 1. The zero-order valence-corrected chi connectivity index (χ0v) is 12.9. The van der Waals surface area contributed by atoms with Crippen molar-refractivity contribution in [3.63, 3.8) is 0 Å². The van der Waals surface area contributed by atoms with Crippen molar-refractivity contribution >= 4 is 22.9 Å². The third kappa shape index (κ3) is 3.02. The minimum atomic E-state index is -0.106. The molecule has 0 aliphatic rings. The average molecular weight is 288 g/mol. The maximum Gasteiger partial charge on any atom is 0.253 e. The lowest BCUT2D eigenvalue weighted by atomic mass is 9.91. The normalized spacial score (nSPS) is 11.3. The molecule has 2 rings (SSSR count). The molecule has 106 valence electrons. The van der Waals surface area contributed by atoms with Gasteiger partial charge >= 0.3 is 0 Å². The van der Waals surface area contributed by atoms with E-state index >= 15 is 0 Å². The molecule has 0 saturated carbocycles. The largest absolute Gasteiger partial charge is 0.398 e. The first-order valence-electron chi connectivity index (χ1n) is 6.59. The van der Waals surface area contributed by atoms with Crippen molar-refractivity contribution in [1.82, 2.24) is 5.32 Å². The molecule has 1 heterocycles. The van der Waals surface area contributed by atoms with Crippen molar-refractivity contribution in [2.75, 3.05) is 12.3 Å². The second-order valence-electron chi connectivity index (χ2n) is 5.58. The Balaban J connectivity index is 2.10. The molecule has 4 heteroatoms. The lowest BCUT2D eigenvalue weighted by Crippen LogP contribution is -2.36. The van der Waals surface area contributed by atoms with Gasteiger partial charge in [-0.25, -0.2) is 0 Å². The van der Waals surface area contributed by atoms with Crippen LogP contribution in [0.15, 0.2) is 35.7 Å². The SMILES string of the molecule is Cc1cccc(N)c1C(=O)NCC(C)(C)c1cccs1. The third-order valence-corrected chi connectivity index (χ3v) is 4.65. The van der Waals surface area contributed by atoms with Gasteiger partial charge in [-0.05, 0) is 30.0 Å². The van der Waals surface area contributed by atoms with Gasteiger partial charge in [-0.3, -0.25) is 4.79 Å². The predicted octanol–water partition coefficient (Wildman–Crippen LogP) is 3.35. The van der Waals surface area contributed by atoms with E-state index < -0.39 is 0 Å². The maximum absolute atomic E-state index is 12.3. The number of carbonyl (C=O) groups excluding carboxylic acids is 1. The van der Waals surface area contributed by atoms with Crippen LogP contribution in [0.2, 0.25) is 0 Å². The molecular weight excluding hydrogens is 268 g/mol. The highest BCUT2D eigenvalue weighted by atomic mass is 32.1. The number of anilines is 1. The summed E-state index contributed by atoms with van der Waals surface area (Å²) in [4.78, 5) is 13.6. The monoisotopic (exact) mass is 288 g/mol. The molecule has 0 bridgehead atoms. The second-order valence-corrected chi connectivity index (χ2v) is 6.53. The smallest absolute Gasteiger partial charge is 0.253 e. The van der Waals surface area contributed by atoms with E-state index in [-0.39, 0.29) is 11.3 Å². The summed E-state index contributed by atoms with van der Waals surface area (Å²) in [6, 6.07) is 9.64. The number of rotatable bonds is 4. The molecule has 0 aliphatic carbocycles. The van der Waals surface area contributed by atoms with E-state index in [1.54, 1.807) is 17.4 Å².